The summed E-state index contributed by atoms with van der Waals surface area (Å²) >= 11 is 0. The van der Waals surface area contributed by atoms with Crippen LogP contribution in [0.1, 0.15) is 21.7 Å². The van der Waals surface area contributed by atoms with Crippen LogP contribution in [0.15, 0.2) is 6.07 Å². The van der Waals surface area contributed by atoms with Gasteiger partial charge in [0.2, 0.25) is 0 Å². The second-order valence-electron chi connectivity index (χ2n) is 3.34. The van der Waals surface area contributed by atoms with Crippen molar-refractivity contribution >= 4 is 11.9 Å². The normalized spacial score (nSPS) is 10.1. The van der Waals surface area contributed by atoms with Crippen molar-refractivity contribution in [3.05, 3.63) is 23.0 Å². The van der Waals surface area contributed by atoms with E-state index >= 15 is 0 Å². The molecule has 0 aliphatic heterocycles. The molecule has 1 rings (SSSR count). The number of aliphatic carboxylic acids is 1. The maximum absolute atomic E-state index is 11.4. The number of carbonyl (C=O) groups is 2. The zero-order valence-corrected chi connectivity index (χ0v) is 9.00. The van der Waals surface area contributed by atoms with Crippen LogP contribution in [0.3, 0.4) is 0 Å². The Bertz CT molecular complexity index is 407. The zero-order chi connectivity index (χ0) is 11.6. The molecule has 0 saturated carbocycles. The minimum Gasteiger partial charge on any atom is -0.480 e. The SMILES string of the molecule is CNC(=O)c1cc(C)n(CC(=O)O)c1C. The molecule has 15 heavy (non-hydrogen) atoms. The second kappa shape index (κ2) is 4.16. The number of carbonyl (C=O) groups excluding carboxylic acids is 1. The summed E-state index contributed by atoms with van der Waals surface area (Å²) < 4.78 is 1.60. The van der Waals surface area contributed by atoms with Gasteiger partial charge >= 0.3 is 5.97 Å². The summed E-state index contributed by atoms with van der Waals surface area (Å²) in [5.41, 5.74) is 1.97. The molecular formula is C10H14N2O3. The molecular weight excluding hydrogens is 196 g/mol. The van der Waals surface area contributed by atoms with Gasteiger partial charge in [-0.25, -0.2) is 0 Å². The number of carboxylic acid groups (broad SMARTS) is 1. The zero-order valence-electron chi connectivity index (χ0n) is 9.00. The van der Waals surface area contributed by atoms with E-state index in [1.165, 1.54) is 0 Å². The summed E-state index contributed by atoms with van der Waals surface area (Å²) in [5.74, 6) is -1.11. The summed E-state index contributed by atoms with van der Waals surface area (Å²) in [7, 11) is 1.55. The molecule has 0 fully saturated rings. The van der Waals surface area contributed by atoms with Crippen molar-refractivity contribution < 1.29 is 14.7 Å². The fourth-order valence-electron chi connectivity index (χ4n) is 1.54. The highest BCUT2D eigenvalue weighted by Gasteiger charge is 2.15. The lowest BCUT2D eigenvalue weighted by molar-refractivity contribution is -0.137. The van der Waals surface area contributed by atoms with E-state index in [0.717, 1.165) is 5.69 Å². The Hall–Kier alpha value is -1.78. The molecule has 0 atom stereocenters. The maximum Gasteiger partial charge on any atom is 0.323 e. The van der Waals surface area contributed by atoms with Crippen LogP contribution in [-0.4, -0.2) is 28.6 Å². The first kappa shape index (κ1) is 11.3. The van der Waals surface area contributed by atoms with Gasteiger partial charge in [-0.1, -0.05) is 0 Å². The Morgan fingerprint density at radius 2 is 2.07 bits per heavy atom. The third-order valence-corrected chi connectivity index (χ3v) is 2.34. The number of hydrogen-bond donors (Lipinski definition) is 2. The fraction of sp³-hybridized carbons (Fsp3) is 0.400. The topological polar surface area (TPSA) is 71.3 Å². The van der Waals surface area contributed by atoms with E-state index in [1.54, 1.807) is 31.5 Å². The second-order valence-corrected chi connectivity index (χ2v) is 3.34. The van der Waals surface area contributed by atoms with E-state index in [0.29, 0.717) is 11.3 Å². The Balaban J connectivity index is 3.14. The van der Waals surface area contributed by atoms with Crippen LogP contribution in [0.2, 0.25) is 0 Å². The van der Waals surface area contributed by atoms with Crippen LogP contribution >= 0.6 is 0 Å². The lowest BCUT2D eigenvalue weighted by Crippen LogP contribution is -2.19. The van der Waals surface area contributed by atoms with Crippen LogP contribution in [0.5, 0.6) is 0 Å². The smallest absolute Gasteiger partial charge is 0.323 e. The molecule has 0 aromatic carbocycles. The van der Waals surface area contributed by atoms with Gasteiger partial charge in [0.25, 0.3) is 5.91 Å². The first-order valence-electron chi connectivity index (χ1n) is 4.58. The van der Waals surface area contributed by atoms with Crippen molar-refractivity contribution in [2.24, 2.45) is 0 Å². The predicted molar refractivity (Wildman–Crippen MR) is 54.9 cm³/mol. The first-order chi connectivity index (χ1) is 6.97. The Labute approximate surface area is 87.7 Å². The largest absolute Gasteiger partial charge is 0.480 e. The highest BCUT2D eigenvalue weighted by molar-refractivity contribution is 5.95. The van der Waals surface area contributed by atoms with Crippen molar-refractivity contribution in [2.45, 2.75) is 20.4 Å². The molecule has 5 nitrogen and oxygen atoms in total. The van der Waals surface area contributed by atoms with E-state index < -0.39 is 5.97 Å². The minimum atomic E-state index is -0.916. The summed E-state index contributed by atoms with van der Waals surface area (Å²) in [4.78, 5) is 22.0. The van der Waals surface area contributed by atoms with Gasteiger partial charge in [-0.05, 0) is 19.9 Å². The first-order valence-corrected chi connectivity index (χ1v) is 4.58. The molecule has 0 bridgehead atoms. The molecule has 1 aromatic heterocycles. The molecule has 0 saturated heterocycles. The van der Waals surface area contributed by atoms with Crippen LogP contribution in [0, 0.1) is 13.8 Å². The van der Waals surface area contributed by atoms with Gasteiger partial charge in [0, 0.05) is 18.4 Å². The molecule has 1 heterocycles. The van der Waals surface area contributed by atoms with E-state index in [2.05, 4.69) is 5.32 Å². The summed E-state index contributed by atoms with van der Waals surface area (Å²) in [6.07, 6.45) is 0. The predicted octanol–water partition coefficient (Wildman–Crippen LogP) is 0.549. The number of carboxylic acids is 1. The fourth-order valence-corrected chi connectivity index (χ4v) is 1.54. The maximum atomic E-state index is 11.4. The molecule has 0 aliphatic carbocycles. The van der Waals surface area contributed by atoms with E-state index in [1.807, 2.05) is 0 Å². The van der Waals surface area contributed by atoms with Gasteiger partial charge in [0.1, 0.15) is 6.54 Å². The van der Waals surface area contributed by atoms with Gasteiger partial charge in [-0.15, -0.1) is 0 Å². The number of nitrogens with zero attached hydrogens (tertiary/aromatic N) is 1. The Morgan fingerprint density at radius 3 is 2.53 bits per heavy atom. The summed E-state index contributed by atoms with van der Waals surface area (Å²) in [5, 5.41) is 11.2. The highest BCUT2D eigenvalue weighted by Crippen LogP contribution is 2.14. The molecule has 1 aromatic rings. The molecule has 1 amide bonds. The van der Waals surface area contributed by atoms with Gasteiger partial charge in [0.15, 0.2) is 0 Å². The molecule has 82 valence electrons. The van der Waals surface area contributed by atoms with Crippen molar-refractivity contribution in [3.63, 3.8) is 0 Å². The van der Waals surface area contributed by atoms with Crippen molar-refractivity contribution in [1.29, 1.82) is 0 Å². The number of amides is 1. The minimum absolute atomic E-state index is 0.116. The van der Waals surface area contributed by atoms with Crippen molar-refractivity contribution in [3.8, 4) is 0 Å². The summed E-state index contributed by atoms with van der Waals surface area (Å²) in [6.45, 7) is 3.40. The molecule has 2 N–H and O–H groups in total. The van der Waals surface area contributed by atoms with E-state index in [-0.39, 0.29) is 12.5 Å². The summed E-state index contributed by atoms with van der Waals surface area (Å²) in [6, 6.07) is 1.69. The lowest BCUT2D eigenvalue weighted by Gasteiger charge is -2.05. The highest BCUT2D eigenvalue weighted by atomic mass is 16.4. The van der Waals surface area contributed by atoms with Crippen LogP contribution in [-0.2, 0) is 11.3 Å². The number of hydrogen-bond acceptors (Lipinski definition) is 2. The standard InChI is InChI=1S/C10H14N2O3/c1-6-4-8(10(15)11-3)7(2)12(6)5-9(13)14/h4H,5H2,1-3H3,(H,11,15)(H,13,14). The van der Waals surface area contributed by atoms with Gasteiger partial charge in [-0.2, -0.15) is 0 Å². The third-order valence-electron chi connectivity index (χ3n) is 2.34. The van der Waals surface area contributed by atoms with E-state index in [4.69, 9.17) is 5.11 Å². The third kappa shape index (κ3) is 2.18. The molecule has 0 spiro atoms. The number of nitrogens with one attached hydrogen (secondary N) is 1. The number of aryl methyl sites for hydroxylation is 1. The van der Waals surface area contributed by atoms with Crippen molar-refractivity contribution in [2.75, 3.05) is 7.05 Å². The van der Waals surface area contributed by atoms with Crippen LogP contribution in [0.4, 0.5) is 0 Å². The van der Waals surface area contributed by atoms with Crippen molar-refractivity contribution in [1.82, 2.24) is 9.88 Å². The Morgan fingerprint density at radius 1 is 1.47 bits per heavy atom. The molecule has 5 heteroatoms. The van der Waals surface area contributed by atoms with Crippen LogP contribution < -0.4 is 5.32 Å². The molecule has 0 aliphatic rings. The quantitative estimate of drug-likeness (QED) is 0.765. The monoisotopic (exact) mass is 210 g/mol. The Kier molecular flexibility index (Phi) is 3.14. The van der Waals surface area contributed by atoms with Gasteiger partial charge in [-0.3, -0.25) is 9.59 Å². The molecule has 0 unspecified atom stereocenters. The average Bonchev–Trinajstić information content (AvgIpc) is 2.44. The number of rotatable bonds is 3. The average molecular weight is 210 g/mol. The van der Waals surface area contributed by atoms with Crippen LogP contribution in [0.25, 0.3) is 0 Å². The lowest BCUT2D eigenvalue weighted by atomic mass is 10.2. The number of aromatic nitrogens is 1. The molecule has 0 radical (unpaired) electrons. The van der Waals surface area contributed by atoms with E-state index in [9.17, 15) is 9.59 Å². The van der Waals surface area contributed by atoms with Gasteiger partial charge in [0.05, 0.1) is 5.56 Å². The van der Waals surface area contributed by atoms with Gasteiger partial charge < -0.3 is 15.0 Å².